The first kappa shape index (κ1) is 18.7. The van der Waals surface area contributed by atoms with E-state index in [2.05, 4.69) is 51.6 Å². The van der Waals surface area contributed by atoms with Crippen molar-refractivity contribution in [1.82, 2.24) is 4.98 Å². The van der Waals surface area contributed by atoms with E-state index in [1.54, 1.807) is 6.07 Å². The van der Waals surface area contributed by atoms with Gasteiger partial charge < -0.3 is 15.3 Å². The fraction of sp³-hybridized carbons (Fsp3) is 0.280. The second-order valence-corrected chi connectivity index (χ2v) is 8.22. The van der Waals surface area contributed by atoms with E-state index in [0.717, 1.165) is 50.0 Å². The molecule has 2 aliphatic rings. The number of aryl methyl sites for hydroxylation is 1. The first-order valence-electron chi connectivity index (χ1n) is 10.6. The molecule has 30 heavy (non-hydrogen) atoms. The topological polar surface area (TPSA) is 65.5 Å². The summed E-state index contributed by atoms with van der Waals surface area (Å²) in [6, 6.07) is 18.6. The molecular weight excluding hydrogens is 374 g/mol. The Hall–Kier alpha value is -3.34. The van der Waals surface area contributed by atoms with Crippen molar-refractivity contribution in [3.8, 4) is 0 Å². The number of benzene rings is 2. The zero-order chi connectivity index (χ0) is 20.5. The molecule has 1 aliphatic carbocycles. The molecule has 2 aromatic carbocycles. The van der Waals surface area contributed by atoms with Crippen LogP contribution in [0.4, 0.5) is 17.2 Å². The molecule has 2 N–H and O–H groups in total. The van der Waals surface area contributed by atoms with Gasteiger partial charge in [0.2, 0.25) is 0 Å². The second kappa shape index (κ2) is 7.82. The highest BCUT2D eigenvalue weighted by molar-refractivity contribution is 5.94. The van der Waals surface area contributed by atoms with Crippen molar-refractivity contribution in [3.05, 3.63) is 83.0 Å². The molecule has 0 bridgehead atoms. The standard InChI is InChI=1S/C25H25N3O2/c29-25(30)22-14-20(18-8-9-18)15-26-24(22)27-21-10-11-23-19(13-21)7-4-12-28(23)16-17-5-2-1-3-6-17/h1-3,5-6,10-11,13-15,18H,4,7-9,12,16H2,(H,26,27)(H,29,30). The Morgan fingerprint density at radius 3 is 2.73 bits per heavy atom. The molecule has 3 aromatic rings. The lowest BCUT2D eigenvalue weighted by Gasteiger charge is -2.32. The number of hydrogen-bond donors (Lipinski definition) is 2. The van der Waals surface area contributed by atoms with Crippen LogP contribution in [0, 0.1) is 0 Å². The van der Waals surface area contributed by atoms with Gasteiger partial charge in [-0.05, 0) is 72.6 Å². The van der Waals surface area contributed by atoms with Gasteiger partial charge >= 0.3 is 5.97 Å². The number of aromatic nitrogens is 1. The van der Waals surface area contributed by atoms with Gasteiger partial charge in [0.1, 0.15) is 11.4 Å². The lowest BCUT2D eigenvalue weighted by Crippen LogP contribution is -2.28. The highest BCUT2D eigenvalue weighted by Gasteiger charge is 2.26. The van der Waals surface area contributed by atoms with Gasteiger partial charge in [0.15, 0.2) is 0 Å². The van der Waals surface area contributed by atoms with E-state index in [0.29, 0.717) is 11.7 Å². The average Bonchev–Trinajstić information content (AvgIpc) is 3.60. The maximum absolute atomic E-state index is 11.8. The van der Waals surface area contributed by atoms with E-state index < -0.39 is 5.97 Å². The van der Waals surface area contributed by atoms with E-state index in [4.69, 9.17) is 0 Å². The van der Waals surface area contributed by atoms with E-state index in [1.165, 1.54) is 16.8 Å². The van der Waals surface area contributed by atoms with Crippen molar-refractivity contribution in [3.63, 3.8) is 0 Å². The van der Waals surface area contributed by atoms with Crippen LogP contribution in [0.15, 0.2) is 60.8 Å². The number of nitrogens with zero attached hydrogens (tertiary/aromatic N) is 2. The van der Waals surface area contributed by atoms with Crippen molar-refractivity contribution in [2.75, 3.05) is 16.8 Å². The Kier molecular flexibility index (Phi) is 4.87. The van der Waals surface area contributed by atoms with Gasteiger partial charge in [-0.25, -0.2) is 9.78 Å². The number of rotatable bonds is 6. The zero-order valence-corrected chi connectivity index (χ0v) is 16.8. The normalized spacial score (nSPS) is 15.5. The fourth-order valence-electron chi connectivity index (χ4n) is 4.24. The molecule has 1 aromatic heterocycles. The largest absolute Gasteiger partial charge is 0.478 e. The molecule has 5 heteroatoms. The van der Waals surface area contributed by atoms with Gasteiger partial charge in [0.25, 0.3) is 0 Å². The van der Waals surface area contributed by atoms with Crippen LogP contribution >= 0.6 is 0 Å². The first-order chi connectivity index (χ1) is 14.7. The van der Waals surface area contributed by atoms with Crippen LogP contribution in [0.3, 0.4) is 0 Å². The monoisotopic (exact) mass is 399 g/mol. The van der Waals surface area contributed by atoms with Crippen LogP contribution in [0.5, 0.6) is 0 Å². The van der Waals surface area contributed by atoms with Gasteiger partial charge in [0.05, 0.1) is 0 Å². The van der Waals surface area contributed by atoms with Gasteiger partial charge in [-0.1, -0.05) is 30.3 Å². The Balaban J connectivity index is 1.39. The fourth-order valence-corrected chi connectivity index (χ4v) is 4.24. The summed E-state index contributed by atoms with van der Waals surface area (Å²) in [7, 11) is 0. The lowest BCUT2D eigenvalue weighted by atomic mass is 10.00. The van der Waals surface area contributed by atoms with Crippen molar-refractivity contribution in [2.24, 2.45) is 0 Å². The van der Waals surface area contributed by atoms with Crippen LogP contribution in [-0.4, -0.2) is 22.6 Å². The van der Waals surface area contributed by atoms with Crippen molar-refractivity contribution < 1.29 is 9.90 Å². The summed E-state index contributed by atoms with van der Waals surface area (Å²) in [4.78, 5) is 18.6. The van der Waals surface area contributed by atoms with Crippen molar-refractivity contribution in [1.29, 1.82) is 0 Å². The summed E-state index contributed by atoms with van der Waals surface area (Å²) in [6.45, 7) is 1.94. The Labute approximate surface area is 176 Å². The molecule has 0 amide bonds. The Morgan fingerprint density at radius 1 is 1.13 bits per heavy atom. The number of hydrogen-bond acceptors (Lipinski definition) is 4. The molecular formula is C25H25N3O2. The predicted octanol–water partition coefficient (Wildman–Crippen LogP) is 5.35. The number of carbonyl (C=O) groups is 1. The number of pyridine rings is 1. The van der Waals surface area contributed by atoms with Gasteiger partial charge in [0, 0.05) is 30.7 Å². The number of fused-ring (bicyclic) bond motifs is 1. The van der Waals surface area contributed by atoms with Crippen LogP contribution in [0.25, 0.3) is 0 Å². The Bertz CT molecular complexity index is 1080. The quantitative estimate of drug-likeness (QED) is 0.585. The molecule has 0 spiro atoms. The number of carboxylic acid groups (broad SMARTS) is 1. The lowest BCUT2D eigenvalue weighted by molar-refractivity contribution is 0.0697. The van der Waals surface area contributed by atoms with Crippen molar-refractivity contribution in [2.45, 2.75) is 38.1 Å². The van der Waals surface area contributed by atoms with E-state index in [-0.39, 0.29) is 5.56 Å². The Morgan fingerprint density at radius 2 is 1.97 bits per heavy atom. The molecule has 0 radical (unpaired) electrons. The minimum absolute atomic E-state index is 0.239. The maximum atomic E-state index is 11.8. The van der Waals surface area contributed by atoms with Gasteiger partial charge in [-0.2, -0.15) is 0 Å². The number of aromatic carboxylic acids is 1. The molecule has 0 unspecified atom stereocenters. The summed E-state index contributed by atoms with van der Waals surface area (Å²) < 4.78 is 0. The SMILES string of the molecule is O=C(O)c1cc(C2CC2)cnc1Nc1ccc2c(c1)CCCN2Cc1ccccc1. The molecule has 1 aliphatic heterocycles. The van der Waals surface area contributed by atoms with Gasteiger partial charge in [-0.15, -0.1) is 0 Å². The highest BCUT2D eigenvalue weighted by atomic mass is 16.4. The summed E-state index contributed by atoms with van der Waals surface area (Å²) in [5, 5.41) is 12.9. The molecule has 1 saturated carbocycles. The zero-order valence-electron chi connectivity index (χ0n) is 16.8. The summed E-state index contributed by atoms with van der Waals surface area (Å²) in [6.07, 6.45) is 6.19. The molecule has 0 atom stereocenters. The smallest absolute Gasteiger partial charge is 0.339 e. The third kappa shape index (κ3) is 3.88. The molecule has 152 valence electrons. The summed E-state index contributed by atoms with van der Waals surface area (Å²) in [5.74, 6) is -0.0627. The minimum atomic E-state index is -0.945. The summed E-state index contributed by atoms with van der Waals surface area (Å²) >= 11 is 0. The third-order valence-corrected chi connectivity index (χ3v) is 5.96. The minimum Gasteiger partial charge on any atom is -0.478 e. The van der Waals surface area contributed by atoms with E-state index in [9.17, 15) is 9.90 Å². The summed E-state index contributed by atoms with van der Waals surface area (Å²) in [5.41, 5.74) is 5.99. The maximum Gasteiger partial charge on any atom is 0.339 e. The molecule has 1 fully saturated rings. The van der Waals surface area contributed by atoms with Crippen molar-refractivity contribution >= 4 is 23.2 Å². The van der Waals surface area contributed by atoms with Crippen LogP contribution < -0.4 is 10.2 Å². The average molecular weight is 399 g/mol. The first-order valence-corrected chi connectivity index (χ1v) is 10.6. The molecule has 2 heterocycles. The highest BCUT2D eigenvalue weighted by Crippen LogP contribution is 2.40. The van der Waals surface area contributed by atoms with Crippen LogP contribution in [0.2, 0.25) is 0 Å². The molecule has 0 saturated heterocycles. The van der Waals surface area contributed by atoms with Crippen LogP contribution in [-0.2, 0) is 13.0 Å². The van der Waals surface area contributed by atoms with E-state index >= 15 is 0 Å². The number of carboxylic acids is 1. The second-order valence-electron chi connectivity index (χ2n) is 8.22. The number of anilines is 3. The predicted molar refractivity (Wildman–Crippen MR) is 119 cm³/mol. The molecule has 5 rings (SSSR count). The molecule has 5 nitrogen and oxygen atoms in total. The van der Waals surface area contributed by atoms with Gasteiger partial charge in [-0.3, -0.25) is 0 Å². The number of nitrogens with one attached hydrogen (secondary N) is 1. The van der Waals surface area contributed by atoms with Crippen LogP contribution in [0.1, 0.15) is 52.2 Å². The van der Waals surface area contributed by atoms with E-state index in [1.807, 2.05) is 18.3 Å². The third-order valence-electron chi connectivity index (χ3n) is 5.96.